The maximum Gasteiger partial charge on any atom is 0.364 e. The molecule has 0 fully saturated rings. The molecule has 0 saturated carbocycles. The summed E-state index contributed by atoms with van der Waals surface area (Å²) >= 11 is 0. The van der Waals surface area contributed by atoms with Crippen LogP contribution in [0.1, 0.15) is 0 Å². The Labute approximate surface area is 132 Å². The fourth-order valence-electron chi connectivity index (χ4n) is 1.92. The van der Waals surface area contributed by atoms with Crippen LogP contribution < -0.4 is 16.1 Å². The third-order valence-electron chi connectivity index (χ3n) is 2.96. The van der Waals surface area contributed by atoms with Crippen LogP contribution in [-0.4, -0.2) is 28.6 Å². The fraction of sp³-hybridized carbons (Fsp3) is 0. The summed E-state index contributed by atoms with van der Waals surface area (Å²) < 4.78 is 0. The number of benzene rings is 2. The molecule has 2 aromatic carbocycles. The van der Waals surface area contributed by atoms with Crippen molar-refractivity contribution in [2.24, 2.45) is 5.10 Å². The number of urea groups is 2. The predicted octanol–water partition coefficient (Wildman–Crippen LogP) is 2.43. The number of nitrogens with one attached hydrogen (secondary N) is 3. The molecular weight excluding hydrogens is 296 g/mol. The van der Waals surface area contributed by atoms with Gasteiger partial charge in [-0.1, -0.05) is 41.5 Å². The minimum absolute atomic E-state index is 0.545. The molecule has 0 aliphatic carbocycles. The van der Waals surface area contributed by atoms with Gasteiger partial charge in [-0.25, -0.2) is 9.59 Å². The molecule has 2 aromatic rings. The Kier molecular flexibility index (Phi) is 4.05. The van der Waals surface area contributed by atoms with Crippen LogP contribution in [0.4, 0.5) is 21.0 Å². The van der Waals surface area contributed by atoms with Gasteiger partial charge in [0.25, 0.3) is 0 Å². The fourth-order valence-corrected chi connectivity index (χ4v) is 1.92. The Morgan fingerprint density at radius 1 is 0.826 bits per heavy atom. The number of anilines is 2. The molecule has 8 heteroatoms. The number of hydrazone groups is 1. The van der Waals surface area contributed by atoms with Crippen molar-refractivity contribution in [3.63, 3.8) is 0 Å². The number of hydrazine groups is 2. The third-order valence-corrected chi connectivity index (χ3v) is 2.96. The van der Waals surface area contributed by atoms with Gasteiger partial charge in [-0.05, 0) is 24.3 Å². The van der Waals surface area contributed by atoms with Crippen molar-refractivity contribution < 1.29 is 9.59 Å². The van der Waals surface area contributed by atoms with E-state index >= 15 is 0 Å². The van der Waals surface area contributed by atoms with E-state index < -0.39 is 12.1 Å². The molecular formula is C15H14N6O2. The molecule has 8 nitrogen and oxygen atoms in total. The molecule has 1 aliphatic heterocycles. The topological polar surface area (TPSA) is 89.1 Å². The van der Waals surface area contributed by atoms with Crippen molar-refractivity contribution in [2.45, 2.75) is 0 Å². The molecule has 0 bridgehead atoms. The Morgan fingerprint density at radius 3 is 1.91 bits per heavy atom. The predicted molar refractivity (Wildman–Crippen MR) is 86.2 cm³/mol. The molecule has 3 N–H and O–H groups in total. The molecule has 0 aromatic heterocycles. The largest absolute Gasteiger partial charge is 0.364 e. The van der Waals surface area contributed by atoms with E-state index in [0.29, 0.717) is 11.4 Å². The van der Waals surface area contributed by atoms with E-state index in [4.69, 9.17) is 0 Å². The summed E-state index contributed by atoms with van der Waals surface area (Å²) in [5.74, 6) is 0. The van der Waals surface area contributed by atoms with Crippen molar-refractivity contribution in [3.05, 3.63) is 60.7 Å². The minimum atomic E-state index is -0.569. The number of carbonyl (C=O) groups is 2. The van der Waals surface area contributed by atoms with Gasteiger partial charge >= 0.3 is 12.1 Å². The highest BCUT2D eigenvalue weighted by Crippen LogP contribution is 2.12. The summed E-state index contributed by atoms with van der Waals surface area (Å²) in [5, 5.41) is 11.0. The number of hydrogen-bond donors (Lipinski definition) is 3. The average Bonchev–Trinajstić information content (AvgIpc) is 3.06. The highest BCUT2D eigenvalue weighted by Gasteiger charge is 2.29. The lowest BCUT2D eigenvalue weighted by molar-refractivity contribution is 0.0602. The van der Waals surface area contributed by atoms with E-state index in [1.165, 1.54) is 6.34 Å². The molecule has 23 heavy (non-hydrogen) atoms. The molecule has 0 atom stereocenters. The first kappa shape index (κ1) is 14.4. The zero-order chi connectivity index (χ0) is 16.1. The van der Waals surface area contributed by atoms with E-state index in [0.717, 1.165) is 10.2 Å². The van der Waals surface area contributed by atoms with E-state index in [-0.39, 0.29) is 0 Å². The summed E-state index contributed by atoms with van der Waals surface area (Å²) in [6, 6.07) is 16.7. The van der Waals surface area contributed by atoms with Crippen LogP contribution in [0.2, 0.25) is 0 Å². The maximum atomic E-state index is 12.2. The van der Waals surface area contributed by atoms with Crippen LogP contribution in [0, 0.1) is 0 Å². The van der Waals surface area contributed by atoms with Crippen LogP contribution >= 0.6 is 0 Å². The maximum absolute atomic E-state index is 12.2. The summed E-state index contributed by atoms with van der Waals surface area (Å²) in [5.41, 5.74) is 3.79. The summed E-state index contributed by atoms with van der Waals surface area (Å²) in [4.78, 5) is 24.5. The van der Waals surface area contributed by atoms with Gasteiger partial charge in [0.1, 0.15) is 6.34 Å². The number of hydrogen-bond acceptors (Lipinski definition) is 4. The Hall–Kier alpha value is -3.55. The Balaban J connectivity index is 1.66. The molecule has 0 radical (unpaired) electrons. The smallest absolute Gasteiger partial charge is 0.305 e. The van der Waals surface area contributed by atoms with Gasteiger partial charge in [-0.3, -0.25) is 5.43 Å². The molecule has 0 saturated heterocycles. The molecule has 0 unspecified atom stereocenters. The first-order valence-corrected chi connectivity index (χ1v) is 6.85. The minimum Gasteiger partial charge on any atom is -0.305 e. The van der Waals surface area contributed by atoms with Gasteiger partial charge < -0.3 is 10.6 Å². The van der Waals surface area contributed by atoms with Gasteiger partial charge in [-0.2, -0.15) is 0 Å². The van der Waals surface area contributed by atoms with E-state index in [1.54, 1.807) is 48.5 Å². The lowest BCUT2D eigenvalue weighted by atomic mass is 10.3. The normalized spacial score (nSPS) is 12.7. The zero-order valence-electron chi connectivity index (χ0n) is 12.0. The second kappa shape index (κ2) is 6.48. The monoisotopic (exact) mass is 310 g/mol. The SMILES string of the molecule is O=C(Nc1ccccc1)N1N=CNN1C(=O)Nc1ccccc1. The second-order valence-electron chi connectivity index (χ2n) is 4.57. The van der Waals surface area contributed by atoms with Gasteiger partial charge in [0.2, 0.25) is 0 Å². The molecule has 1 heterocycles. The van der Waals surface area contributed by atoms with Crippen LogP contribution in [0.15, 0.2) is 65.8 Å². The highest BCUT2D eigenvalue weighted by molar-refractivity contribution is 5.95. The van der Waals surface area contributed by atoms with Gasteiger partial charge in [-0.15, -0.1) is 10.2 Å². The van der Waals surface area contributed by atoms with E-state index in [9.17, 15) is 9.59 Å². The van der Waals surface area contributed by atoms with Gasteiger partial charge in [0.15, 0.2) is 0 Å². The molecule has 4 amide bonds. The van der Waals surface area contributed by atoms with Gasteiger partial charge in [0, 0.05) is 11.4 Å². The van der Waals surface area contributed by atoms with Crippen molar-refractivity contribution in [2.75, 3.05) is 10.6 Å². The van der Waals surface area contributed by atoms with E-state index in [1.807, 2.05) is 12.1 Å². The third kappa shape index (κ3) is 3.38. The summed E-state index contributed by atoms with van der Waals surface area (Å²) in [6.45, 7) is 0. The molecule has 116 valence electrons. The number of rotatable bonds is 2. The lowest BCUT2D eigenvalue weighted by Gasteiger charge is -2.24. The molecule has 0 spiro atoms. The second-order valence-corrected chi connectivity index (χ2v) is 4.57. The number of carbonyl (C=O) groups excluding carboxylic acids is 2. The zero-order valence-corrected chi connectivity index (χ0v) is 12.0. The Morgan fingerprint density at radius 2 is 1.35 bits per heavy atom. The van der Waals surface area contributed by atoms with Crippen molar-refractivity contribution in [3.8, 4) is 0 Å². The number of amides is 4. The van der Waals surface area contributed by atoms with Crippen LogP contribution in [0.25, 0.3) is 0 Å². The number of para-hydroxylation sites is 2. The van der Waals surface area contributed by atoms with Crippen LogP contribution in [0.3, 0.4) is 0 Å². The first-order chi connectivity index (χ1) is 11.2. The lowest BCUT2D eigenvalue weighted by Crippen LogP contribution is -2.52. The van der Waals surface area contributed by atoms with Crippen LogP contribution in [0.5, 0.6) is 0 Å². The Bertz CT molecular complexity index is 719. The van der Waals surface area contributed by atoms with Crippen LogP contribution in [-0.2, 0) is 0 Å². The highest BCUT2D eigenvalue weighted by atomic mass is 16.2. The molecule has 1 aliphatic rings. The van der Waals surface area contributed by atoms with Crippen molar-refractivity contribution >= 4 is 29.8 Å². The number of nitrogens with zero attached hydrogens (tertiary/aromatic N) is 3. The van der Waals surface area contributed by atoms with Gasteiger partial charge in [0.05, 0.1) is 0 Å². The standard InChI is InChI=1S/C15H14N6O2/c22-14(18-12-7-3-1-4-8-12)20-16-11-17-21(20)15(23)19-13-9-5-2-6-10-13/h1-11H,(H,16,17)(H,18,22)(H,19,23). The quantitative estimate of drug-likeness (QED) is 0.796. The average molecular weight is 310 g/mol. The van der Waals surface area contributed by atoms with Crippen molar-refractivity contribution in [1.82, 2.24) is 15.7 Å². The summed E-state index contributed by atoms with van der Waals surface area (Å²) in [6.07, 6.45) is 1.25. The molecule has 3 rings (SSSR count). The summed E-state index contributed by atoms with van der Waals surface area (Å²) in [7, 11) is 0. The van der Waals surface area contributed by atoms with Crippen molar-refractivity contribution in [1.29, 1.82) is 0 Å². The first-order valence-electron chi connectivity index (χ1n) is 6.85. The van der Waals surface area contributed by atoms with E-state index in [2.05, 4.69) is 21.2 Å².